The predicted molar refractivity (Wildman–Crippen MR) is 79.8 cm³/mol. The van der Waals surface area contributed by atoms with Crippen LogP contribution in [0.3, 0.4) is 0 Å². The van der Waals surface area contributed by atoms with Crippen molar-refractivity contribution in [3.05, 3.63) is 29.6 Å². The van der Waals surface area contributed by atoms with Crippen LogP contribution in [0, 0.1) is 11.7 Å². The summed E-state index contributed by atoms with van der Waals surface area (Å²) in [5.74, 6) is 0.369. The van der Waals surface area contributed by atoms with E-state index in [0.717, 1.165) is 18.4 Å². The number of nitrogens with one attached hydrogen (secondary N) is 1. The Kier molecular flexibility index (Phi) is 4.45. The van der Waals surface area contributed by atoms with Gasteiger partial charge < -0.3 is 15.2 Å². The minimum Gasteiger partial charge on any atom is -0.494 e. The summed E-state index contributed by atoms with van der Waals surface area (Å²) in [4.78, 5) is 0. The normalized spacial score (nSPS) is 27.4. The number of ether oxygens (including phenoxy) is 1. The molecule has 1 aromatic carbocycles. The molecule has 0 heterocycles. The number of hydrogen-bond donors (Lipinski definition) is 2. The van der Waals surface area contributed by atoms with Crippen molar-refractivity contribution in [2.45, 2.75) is 56.7 Å². The van der Waals surface area contributed by atoms with Crippen LogP contribution in [0.5, 0.6) is 5.75 Å². The van der Waals surface area contributed by atoms with Crippen molar-refractivity contribution in [1.29, 1.82) is 0 Å². The predicted octanol–water partition coefficient (Wildman–Crippen LogP) is 3.18. The molecule has 0 aliphatic heterocycles. The standard InChI is InChI=1S/C17H24FNO2/c1-21-16-7-6-11(10-15(16)18)17(12-8-14(20)9-12)19-13-4-2-3-5-13/h6-7,10,12-14,17,19-20H,2-5,8-9H2,1H3/t12?,14?,17-/m0/s1. The van der Waals surface area contributed by atoms with Crippen LogP contribution in [0.1, 0.15) is 50.1 Å². The molecule has 3 rings (SSSR count). The quantitative estimate of drug-likeness (QED) is 0.876. The smallest absolute Gasteiger partial charge is 0.165 e. The molecule has 0 spiro atoms. The second-order valence-corrected chi connectivity index (χ2v) is 6.41. The van der Waals surface area contributed by atoms with Gasteiger partial charge in [0.05, 0.1) is 13.2 Å². The van der Waals surface area contributed by atoms with Crippen LogP contribution in [-0.2, 0) is 0 Å². The molecule has 1 aromatic rings. The summed E-state index contributed by atoms with van der Waals surface area (Å²) in [6, 6.07) is 5.88. The maximum atomic E-state index is 14.0. The van der Waals surface area contributed by atoms with Crippen molar-refractivity contribution < 1.29 is 14.2 Å². The topological polar surface area (TPSA) is 41.5 Å². The zero-order valence-corrected chi connectivity index (χ0v) is 12.5. The van der Waals surface area contributed by atoms with E-state index in [4.69, 9.17) is 4.74 Å². The summed E-state index contributed by atoms with van der Waals surface area (Å²) in [5, 5.41) is 13.3. The third-order valence-electron chi connectivity index (χ3n) is 4.93. The van der Waals surface area contributed by atoms with Gasteiger partial charge >= 0.3 is 0 Å². The first kappa shape index (κ1) is 14.8. The van der Waals surface area contributed by atoms with Gasteiger partial charge in [-0.2, -0.15) is 0 Å². The maximum absolute atomic E-state index is 14.0. The molecule has 1 atom stereocenters. The lowest BCUT2D eigenvalue weighted by Crippen LogP contribution is -2.42. The van der Waals surface area contributed by atoms with Crippen molar-refractivity contribution in [1.82, 2.24) is 5.32 Å². The van der Waals surface area contributed by atoms with E-state index < -0.39 is 0 Å². The zero-order valence-electron chi connectivity index (χ0n) is 12.5. The Labute approximate surface area is 125 Å². The number of methoxy groups -OCH3 is 1. The molecule has 2 aliphatic rings. The van der Waals surface area contributed by atoms with Crippen molar-refractivity contribution in [2.75, 3.05) is 7.11 Å². The molecule has 2 N–H and O–H groups in total. The summed E-state index contributed by atoms with van der Waals surface area (Å²) in [6.45, 7) is 0. The Bertz CT molecular complexity index is 482. The summed E-state index contributed by atoms with van der Waals surface area (Å²) >= 11 is 0. The largest absolute Gasteiger partial charge is 0.494 e. The highest BCUT2D eigenvalue weighted by atomic mass is 19.1. The molecule has 2 aliphatic carbocycles. The molecule has 21 heavy (non-hydrogen) atoms. The SMILES string of the molecule is COc1ccc([C@H](NC2CCCC2)C2CC(O)C2)cc1F. The Morgan fingerprint density at radius 1 is 1.29 bits per heavy atom. The number of benzene rings is 1. The first-order chi connectivity index (χ1) is 10.2. The minimum absolute atomic E-state index is 0.136. The number of hydrogen-bond acceptors (Lipinski definition) is 3. The van der Waals surface area contributed by atoms with Gasteiger partial charge in [-0.25, -0.2) is 4.39 Å². The second kappa shape index (κ2) is 6.32. The third kappa shape index (κ3) is 3.22. The maximum Gasteiger partial charge on any atom is 0.165 e. The van der Waals surface area contributed by atoms with Crippen molar-refractivity contribution in [3.8, 4) is 5.75 Å². The lowest BCUT2D eigenvalue weighted by molar-refractivity contribution is 0.0219. The average molecular weight is 293 g/mol. The fourth-order valence-corrected chi connectivity index (χ4v) is 3.63. The second-order valence-electron chi connectivity index (χ2n) is 6.41. The molecule has 0 bridgehead atoms. The van der Waals surface area contributed by atoms with Crippen LogP contribution in [0.4, 0.5) is 4.39 Å². The highest BCUT2D eigenvalue weighted by Crippen LogP contribution is 2.40. The van der Waals surface area contributed by atoms with E-state index in [1.54, 1.807) is 12.1 Å². The van der Waals surface area contributed by atoms with Crippen LogP contribution in [0.25, 0.3) is 0 Å². The van der Waals surface area contributed by atoms with Gasteiger partial charge in [-0.1, -0.05) is 18.9 Å². The zero-order chi connectivity index (χ0) is 14.8. The molecule has 0 aromatic heterocycles. The number of halogens is 1. The van der Waals surface area contributed by atoms with Crippen LogP contribution in [-0.4, -0.2) is 24.4 Å². The summed E-state index contributed by atoms with van der Waals surface area (Å²) in [6.07, 6.45) is 6.36. The van der Waals surface area contributed by atoms with E-state index in [-0.39, 0.29) is 23.7 Å². The Hall–Kier alpha value is -1.13. The van der Waals surface area contributed by atoms with Crippen molar-refractivity contribution in [3.63, 3.8) is 0 Å². The van der Waals surface area contributed by atoms with Gasteiger partial charge in [0.15, 0.2) is 11.6 Å². The molecular formula is C17H24FNO2. The van der Waals surface area contributed by atoms with Gasteiger partial charge in [0, 0.05) is 12.1 Å². The molecule has 0 saturated heterocycles. The molecule has 0 amide bonds. The van der Waals surface area contributed by atoms with Crippen molar-refractivity contribution >= 4 is 0 Å². The van der Waals surface area contributed by atoms with E-state index >= 15 is 0 Å². The van der Waals surface area contributed by atoms with Gasteiger partial charge in [0.1, 0.15) is 0 Å². The summed E-state index contributed by atoms with van der Waals surface area (Å²) < 4.78 is 19.0. The first-order valence-electron chi connectivity index (χ1n) is 7.95. The Morgan fingerprint density at radius 3 is 2.57 bits per heavy atom. The lowest BCUT2D eigenvalue weighted by Gasteiger charge is -2.39. The van der Waals surface area contributed by atoms with Gasteiger partial charge in [0.25, 0.3) is 0 Å². The van der Waals surface area contributed by atoms with Crippen molar-refractivity contribution in [2.24, 2.45) is 5.92 Å². The van der Waals surface area contributed by atoms with E-state index in [1.165, 1.54) is 32.8 Å². The van der Waals surface area contributed by atoms with E-state index in [1.807, 2.05) is 6.07 Å². The first-order valence-corrected chi connectivity index (χ1v) is 7.95. The van der Waals surface area contributed by atoms with Gasteiger partial charge in [-0.15, -0.1) is 0 Å². The van der Waals surface area contributed by atoms with Crippen LogP contribution in [0.2, 0.25) is 0 Å². The molecule has 3 nitrogen and oxygen atoms in total. The molecule has 4 heteroatoms. The van der Waals surface area contributed by atoms with E-state index in [2.05, 4.69) is 5.32 Å². The fraction of sp³-hybridized carbons (Fsp3) is 0.647. The van der Waals surface area contributed by atoms with E-state index in [9.17, 15) is 9.50 Å². The molecule has 2 saturated carbocycles. The van der Waals surface area contributed by atoms with Gasteiger partial charge in [-0.05, 0) is 49.3 Å². The molecule has 0 unspecified atom stereocenters. The fourth-order valence-electron chi connectivity index (χ4n) is 3.63. The number of rotatable bonds is 5. The van der Waals surface area contributed by atoms with Crippen LogP contribution in [0.15, 0.2) is 18.2 Å². The highest BCUT2D eigenvalue weighted by molar-refractivity contribution is 5.31. The molecule has 0 radical (unpaired) electrons. The Balaban J connectivity index is 1.78. The van der Waals surface area contributed by atoms with E-state index in [0.29, 0.717) is 12.0 Å². The summed E-state index contributed by atoms with van der Waals surface area (Å²) in [7, 11) is 1.48. The molecular weight excluding hydrogens is 269 g/mol. The monoisotopic (exact) mass is 293 g/mol. The molecule has 2 fully saturated rings. The highest BCUT2D eigenvalue weighted by Gasteiger charge is 2.36. The van der Waals surface area contributed by atoms with Crippen LogP contribution >= 0.6 is 0 Å². The third-order valence-corrected chi connectivity index (χ3v) is 4.93. The average Bonchev–Trinajstić information content (AvgIpc) is 2.94. The van der Waals surface area contributed by atoms with Gasteiger partial charge in [0.2, 0.25) is 0 Å². The number of aliphatic hydroxyl groups excluding tert-OH is 1. The minimum atomic E-state index is -0.312. The number of aliphatic hydroxyl groups is 1. The lowest BCUT2D eigenvalue weighted by atomic mass is 9.74. The molecule has 116 valence electrons. The van der Waals surface area contributed by atoms with Crippen LogP contribution < -0.4 is 10.1 Å². The van der Waals surface area contributed by atoms with Gasteiger partial charge in [-0.3, -0.25) is 0 Å². The summed E-state index contributed by atoms with van der Waals surface area (Å²) in [5.41, 5.74) is 0.970. The Morgan fingerprint density at radius 2 is 2.00 bits per heavy atom.